The van der Waals surface area contributed by atoms with Gasteiger partial charge in [-0.2, -0.15) is 0 Å². The molecule has 1 fully saturated rings. The molecule has 1 aromatic heterocycles. The average molecular weight is 293 g/mol. The molecule has 2 aromatic rings. The average Bonchev–Trinajstić information content (AvgIpc) is 2.86. The highest BCUT2D eigenvalue weighted by atomic mass is 35.5. The zero-order chi connectivity index (χ0) is 13.2. The molecule has 1 aromatic carbocycles. The number of aryl methyl sites for hydroxylation is 1. The third-order valence-corrected chi connectivity index (χ3v) is 5.05. The van der Waals surface area contributed by atoms with E-state index < -0.39 is 0 Å². The second kappa shape index (κ2) is 5.61. The number of hydrogen-bond acceptors (Lipinski definition) is 3. The molecule has 0 radical (unpaired) electrons. The summed E-state index contributed by atoms with van der Waals surface area (Å²) in [5.74, 6) is 0.984. The Bertz CT molecular complexity index is 550. The summed E-state index contributed by atoms with van der Waals surface area (Å²) < 4.78 is 0.788. The SMILES string of the molecule is Cc1ccc(C2CNCCC2c2ncc(Cl)s2)cc1. The highest BCUT2D eigenvalue weighted by Gasteiger charge is 2.29. The van der Waals surface area contributed by atoms with Gasteiger partial charge < -0.3 is 5.32 Å². The van der Waals surface area contributed by atoms with Gasteiger partial charge in [-0.25, -0.2) is 4.98 Å². The molecule has 2 heterocycles. The Morgan fingerprint density at radius 2 is 2.05 bits per heavy atom. The van der Waals surface area contributed by atoms with Gasteiger partial charge in [0.05, 0.1) is 11.2 Å². The quantitative estimate of drug-likeness (QED) is 0.906. The van der Waals surface area contributed by atoms with E-state index in [1.54, 1.807) is 17.5 Å². The van der Waals surface area contributed by atoms with E-state index in [4.69, 9.17) is 11.6 Å². The van der Waals surface area contributed by atoms with Crippen LogP contribution in [0.25, 0.3) is 0 Å². The van der Waals surface area contributed by atoms with Gasteiger partial charge in [0.15, 0.2) is 0 Å². The zero-order valence-electron chi connectivity index (χ0n) is 10.9. The summed E-state index contributed by atoms with van der Waals surface area (Å²) in [6.07, 6.45) is 2.90. The van der Waals surface area contributed by atoms with E-state index in [0.29, 0.717) is 11.8 Å². The minimum atomic E-state index is 0.487. The molecule has 2 atom stereocenters. The van der Waals surface area contributed by atoms with Crippen LogP contribution in [0.1, 0.15) is 34.4 Å². The van der Waals surface area contributed by atoms with Crippen molar-refractivity contribution in [3.63, 3.8) is 0 Å². The molecule has 19 heavy (non-hydrogen) atoms. The van der Waals surface area contributed by atoms with Crippen LogP contribution in [-0.4, -0.2) is 18.1 Å². The molecule has 0 spiro atoms. The molecule has 1 N–H and O–H groups in total. The Hall–Kier alpha value is -0.900. The van der Waals surface area contributed by atoms with Gasteiger partial charge in [-0.1, -0.05) is 41.4 Å². The Balaban J connectivity index is 1.90. The summed E-state index contributed by atoms with van der Waals surface area (Å²) in [6.45, 7) is 4.20. The largest absolute Gasteiger partial charge is 0.316 e. The van der Waals surface area contributed by atoms with E-state index in [1.165, 1.54) is 16.1 Å². The van der Waals surface area contributed by atoms with Crippen LogP contribution in [0.5, 0.6) is 0 Å². The Morgan fingerprint density at radius 1 is 1.26 bits per heavy atom. The van der Waals surface area contributed by atoms with Gasteiger partial charge in [0.2, 0.25) is 0 Å². The summed E-state index contributed by atoms with van der Waals surface area (Å²) in [5.41, 5.74) is 2.70. The maximum atomic E-state index is 6.03. The summed E-state index contributed by atoms with van der Waals surface area (Å²) >= 11 is 7.66. The number of nitrogens with one attached hydrogen (secondary N) is 1. The van der Waals surface area contributed by atoms with Crippen molar-refractivity contribution in [3.8, 4) is 0 Å². The maximum Gasteiger partial charge on any atom is 0.113 e. The number of benzene rings is 1. The number of hydrogen-bond donors (Lipinski definition) is 1. The summed E-state index contributed by atoms with van der Waals surface area (Å²) in [7, 11) is 0. The zero-order valence-corrected chi connectivity index (χ0v) is 12.5. The fourth-order valence-corrected chi connectivity index (χ4v) is 3.89. The number of nitrogens with zero attached hydrogens (tertiary/aromatic N) is 1. The molecular weight excluding hydrogens is 276 g/mol. The second-order valence-electron chi connectivity index (χ2n) is 5.12. The van der Waals surface area contributed by atoms with Crippen molar-refractivity contribution >= 4 is 22.9 Å². The standard InChI is InChI=1S/C15H17ClN2S/c1-10-2-4-11(5-3-10)13-8-17-7-6-12(13)15-18-9-14(16)19-15/h2-5,9,12-13,17H,6-8H2,1H3. The van der Waals surface area contributed by atoms with Gasteiger partial charge in [-0.15, -0.1) is 11.3 Å². The number of thiazole rings is 1. The fourth-order valence-electron chi connectivity index (χ4n) is 2.76. The van der Waals surface area contributed by atoms with E-state index in [1.807, 2.05) is 0 Å². The number of piperidine rings is 1. The van der Waals surface area contributed by atoms with Crippen LogP contribution in [-0.2, 0) is 0 Å². The smallest absolute Gasteiger partial charge is 0.113 e. The van der Waals surface area contributed by atoms with Gasteiger partial charge in [-0.3, -0.25) is 0 Å². The minimum absolute atomic E-state index is 0.487. The van der Waals surface area contributed by atoms with Crippen LogP contribution in [0.15, 0.2) is 30.5 Å². The molecule has 1 aliphatic rings. The van der Waals surface area contributed by atoms with E-state index in [2.05, 4.69) is 41.5 Å². The Morgan fingerprint density at radius 3 is 2.74 bits per heavy atom. The summed E-state index contributed by atoms with van der Waals surface area (Å²) in [4.78, 5) is 4.49. The monoisotopic (exact) mass is 292 g/mol. The van der Waals surface area contributed by atoms with Crippen molar-refractivity contribution in [2.75, 3.05) is 13.1 Å². The van der Waals surface area contributed by atoms with Crippen LogP contribution < -0.4 is 5.32 Å². The van der Waals surface area contributed by atoms with Crippen LogP contribution in [0.2, 0.25) is 4.34 Å². The summed E-state index contributed by atoms with van der Waals surface area (Å²) in [6, 6.07) is 8.87. The molecule has 1 aliphatic heterocycles. The lowest BCUT2D eigenvalue weighted by atomic mass is 9.81. The van der Waals surface area contributed by atoms with E-state index >= 15 is 0 Å². The van der Waals surface area contributed by atoms with Crippen LogP contribution in [0.3, 0.4) is 0 Å². The minimum Gasteiger partial charge on any atom is -0.316 e. The van der Waals surface area contributed by atoms with Gasteiger partial charge >= 0.3 is 0 Å². The summed E-state index contributed by atoms with van der Waals surface area (Å²) in [5, 5.41) is 4.68. The van der Waals surface area contributed by atoms with Crippen LogP contribution >= 0.6 is 22.9 Å². The first-order valence-electron chi connectivity index (χ1n) is 6.62. The van der Waals surface area contributed by atoms with Crippen molar-refractivity contribution in [1.29, 1.82) is 0 Å². The lowest BCUT2D eigenvalue weighted by Crippen LogP contribution is -2.33. The highest BCUT2D eigenvalue weighted by molar-refractivity contribution is 7.15. The predicted molar refractivity (Wildman–Crippen MR) is 81.3 cm³/mol. The first-order valence-corrected chi connectivity index (χ1v) is 7.82. The molecule has 100 valence electrons. The normalized spacial score (nSPS) is 23.5. The van der Waals surface area contributed by atoms with Crippen molar-refractivity contribution in [3.05, 3.63) is 50.9 Å². The van der Waals surface area contributed by atoms with Crippen molar-refractivity contribution < 1.29 is 0 Å². The first kappa shape index (κ1) is 13.1. The number of aromatic nitrogens is 1. The lowest BCUT2D eigenvalue weighted by molar-refractivity contribution is 0.403. The maximum absolute atomic E-state index is 6.03. The van der Waals surface area contributed by atoms with Crippen molar-refractivity contribution in [2.45, 2.75) is 25.2 Å². The number of rotatable bonds is 2. The molecule has 3 rings (SSSR count). The third kappa shape index (κ3) is 2.83. The first-order chi connectivity index (χ1) is 9.24. The highest BCUT2D eigenvalue weighted by Crippen LogP contribution is 2.39. The van der Waals surface area contributed by atoms with Crippen LogP contribution in [0.4, 0.5) is 0 Å². The predicted octanol–water partition coefficient (Wildman–Crippen LogP) is 3.97. The fraction of sp³-hybridized carbons (Fsp3) is 0.400. The molecular formula is C15H17ClN2S. The van der Waals surface area contributed by atoms with Crippen molar-refractivity contribution in [1.82, 2.24) is 10.3 Å². The molecule has 2 nitrogen and oxygen atoms in total. The van der Waals surface area contributed by atoms with Gasteiger partial charge in [0, 0.05) is 18.4 Å². The third-order valence-electron chi connectivity index (χ3n) is 3.80. The molecule has 4 heteroatoms. The number of halogens is 1. The molecule has 1 saturated heterocycles. The Kier molecular flexibility index (Phi) is 3.87. The van der Waals surface area contributed by atoms with Gasteiger partial charge in [0.1, 0.15) is 4.34 Å². The van der Waals surface area contributed by atoms with Crippen LogP contribution in [0, 0.1) is 6.92 Å². The molecule has 2 unspecified atom stereocenters. The van der Waals surface area contributed by atoms with E-state index in [9.17, 15) is 0 Å². The molecule has 0 bridgehead atoms. The van der Waals surface area contributed by atoms with E-state index in [-0.39, 0.29) is 0 Å². The van der Waals surface area contributed by atoms with Gasteiger partial charge in [0.25, 0.3) is 0 Å². The topological polar surface area (TPSA) is 24.9 Å². The molecule has 0 saturated carbocycles. The second-order valence-corrected chi connectivity index (χ2v) is 6.81. The van der Waals surface area contributed by atoms with E-state index in [0.717, 1.165) is 23.8 Å². The van der Waals surface area contributed by atoms with Gasteiger partial charge in [-0.05, 0) is 25.5 Å². The molecule has 0 amide bonds. The lowest BCUT2D eigenvalue weighted by Gasteiger charge is -2.31. The van der Waals surface area contributed by atoms with Crippen molar-refractivity contribution in [2.24, 2.45) is 0 Å². The Labute approximate surface area is 122 Å². The molecule has 0 aliphatic carbocycles.